The van der Waals surface area contributed by atoms with Gasteiger partial charge in [-0.15, -0.1) is 0 Å². The lowest BCUT2D eigenvalue weighted by Gasteiger charge is -1.96. The lowest BCUT2D eigenvalue weighted by atomic mass is 10.2. The van der Waals surface area contributed by atoms with E-state index >= 15 is 0 Å². The predicted octanol–water partition coefficient (Wildman–Crippen LogP) is 3.93. The number of aryl methyl sites for hydroxylation is 1. The van der Waals surface area contributed by atoms with Crippen LogP contribution in [0.5, 0.6) is 0 Å². The van der Waals surface area contributed by atoms with Crippen molar-refractivity contribution in [3.05, 3.63) is 35.5 Å². The molecule has 0 fully saturated rings. The Balaban J connectivity index is 0.000000606. The summed E-state index contributed by atoms with van der Waals surface area (Å²) in [6.07, 6.45) is 3.77. The topological polar surface area (TPSA) is 17.3 Å². The number of aromatic nitrogens is 2. The van der Waals surface area contributed by atoms with E-state index in [9.17, 15) is 4.39 Å². The van der Waals surface area contributed by atoms with Crippen LogP contribution in [0.1, 0.15) is 44.9 Å². The zero-order valence-electron chi connectivity index (χ0n) is 10.6. The van der Waals surface area contributed by atoms with Crippen LogP contribution in [0.25, 0.3) is 5.65 Å². The van der Waals surface area contributed by atoms with E-state index in [2.05, 4.69) is 4.98 Å². The van der Waals surface area contributed by atoms with Gasteiger partial charge in [-0.3, -0.25) is 0 Å². The molecular weight excluding hydrogens is 203 g/mol. The van der Waals surface area contributed by atoms with Crippen molar-refractivity contribution in [1.29, 1.82) is 0 Å². The van der Waals surface area contributed by atoms with Crippen LogP contribution >= 0.6 is 0 Å². The van der Waals surface area contributed by atoms with E-state index < -0.39 is 0 Å². The van der Waals surface area contributed by atoms with E-state index in [-0.39, 0.29) is 5.82 Å². The zero-order valence-corrected chi connectivity index (χ0v) is 10.6. The van der Waals surface area contributed by atoms with E-state index in [0.29, 0.717) is 11.6 Å². The van der Waals surface area contributed by atoms with Gasteiger partial charge in [0.2, 0.25) is 0 Å². The highest BCUT2D eigenvalue weighted by molar-refractivity contribution is 5.43. The maximum atomic E-state index is 13.4. The van der Waals surface area contributed by atoms with Crippen molar-refractivity contribution < 1.29 is 4.39 Å². The predicted molar refractivity (Wildman–Crippen MR) is 65.3 cm³/mol. The van der Waals surface area contributed by atoms with Crippen LogP contribution < -0.4 is 0 Å². The minimum absolute atomic E-state index is 0.253. The first-order valence-electron chi connectivity index (χ1n) is 5.72. The van der Waals surface area contributed by atoms with Crippen molar-refractivity contribution in [1.82, 2.24) is 9.38 Å². The maximum Gasteiger partial charge on any atom is 0.173 e. The molecule has 2 aromatic rings. The Morgan fingerprint density at radius 1 is 1.25 bits per heavy atom. The molecule has 2 rings (SSSR count). The van der Waals surface area contributed by atoms with Crippen molar-refractivity contribution in [3.63, 3.8) is 0 Å². The number of imidazole rings is 1. The van der Waals surface area contributed by atoms with Crippen LogP contribution in [0.15, 0.2) is 18.5 Å². The van der Waals surface area contributed by atoms with Gasteiger partial charge < -0.3 is 4.40 Å². The number of hydrogen-bond acceptors (Lipinski definition) is 1. The molecule has 0 aliphatic carbocycles. The Morgan fingerprint density at radius 2 is 1.88 bits per heavy atom. The third-order valence-corrected chi connectivity index (χ3v) is 2.25. The van der Waals surface area contributed by atoms with Crippen molar-refractivity contribution >= 4 is 5.65 Å². The van der Waals surface area contributed by atoms with Crippen LogP contribution in [-0.4, -0.2) is 9.38 Å². The fraction of sp³-hybridized carbons (Fsp3) is 0.462. The minimum Gasteiger partial charge on any atom is -0.304 e. The van der Waals surface area contributed by atoms with E-state index in [1.807, 2.05) is 47.0 Å². The van der Waals surface area contributed by atoms with Gasteiger partial charge in [0.1, 0.15) is 0 Å². The molecule has 0 aromatic carbocycles. The first kappa shape index (κ1) is 12.7. The summed E-state index contributed by atoms with van der Waals surface area (Å²) in [7, 11) is 0. The minimum atomic E-state index is -0.253. The molecule has 0 radical (unpaired) electrons. The van der Waals surface area contributed by atoms with Crippen molar-refractivity contribution in [2.45, 2.75) is 40.5 Å². The highest BCUT2D eigenvalue weighted by Crippen LogP contribution is 2.17. The second-order valence-corrected chi connectivity index (χ2v) is 3.92. The Kier molecular flexibility index (Phi) is 4.05. The Labute approximate surface area is 96.1 Å². The van der Waals surface area contributed by atoms with Crippen LogP contribution in [0.3, 0.4) is 0 Å². The Bertz CT molecular complexity index is 472. The molecule has 3 heteroatoms. The number of hydrogen-bond donors (Lipinski definition) is 0. The van der Waals surface area contributed by atoms with Crippen molar-refractivity contribution in [2.75, 3.05) is 0 Å². The first-order chi connectivity index (χ1) is 7.58. The molecule has 2 heterocycles. The lowest BCUT2D eigenvalue weighted by Crippen LogP contribution is -1.89. The fourth-order valence-corrected chi connectivity index (χ4v) is 1.49. The van der Waals surface area contributed by atoms with E-state index in [1.165, 1.54) is 6.07 Å². The number of fused-ring (bicyclic) bond motifs is 1. The van der Waals surface area contributed by atoms with Gasteiger partial charge in [0.25, 0.3) is 0 Å². The number of pyridine rings is 1. The molecule has 0 atom stereocenters. The summed E-state index contributed by atoms with van der Waals surface area (Å²) in [5.74, 6) is 0.0755. The van der Waals surface area contributed by atoms with Gasteiger partial charge in [0, 0.05) is 12.4 Å². The third-order valence-electron chi connectivity index (χ3n) is 2.25. The van der Waals surface area contributed by atoms with E-state index in [1.54, 1.807) is 4.40 Å². The molecule has 0 saturated heterocycles. The van der Waals surface area contributed by atoms with Crippen LogP contribution in [0.4, 0.5) is 4.39 Å². The Morgan fingerprint density at radius 3 is 2.44 bits per heavy atom. The van der Waals surface area contributed by atoms with Crippen molar-refractivity contribution in [2.24, 2.45) is 0 Å². The van der Waals surface area contributed by atoms with Gasteiger partial charge in [-0.2, -0.15) is 0 Å². The summed E-state index contributed by atoms with van der Waals surface area (Å²) in [6, 6.07) is 1.51. The van der Waals surface area contributed by atoms with E-state index in [0.717, 1.165) is 11.3 Å². The zero-order chi connectivity index (χ0) is 12.3. The number of rotatable bonds is 1. The number of nitrogens with zero attached hydrogens (tertiary/aromatic N) is 2. The molecule has 0 aliphatic heterocycles. The Hall–Kier alpha value is -1.38. The smallest absolute Gasteiger partial charge is 0.173 e. The normalized spacial score (nSPS) is 10.4. The van der Waals surface area contributed by atoms with Crippen LogP contribution in [0, 0.1) is 12.7 Å². The van der Waals surface area contributed by atoms with Crippen molar-refractivity contribution in [3.8, 4) is 0 Å². The average Bonchev–Trinajstić information content (AvgIpc) is 2.64. The molecule has 0 unspecified atom stereocenters. The van der Waals surface area contributed by atoms with E-state index in [4.69, 9.17) is 0 Å². The summed E-state index contributed by atoms with van der Waals surface area (Å²) in [4.78, 5) is 4.24. The van der Waals surface area contributed by atoms with Crippen LogP contribution in [0.2, 0.25) is 0 Å². The quantitative estimate of drug-likeness (QED) is 0.714. The summed E-state index contributed by atoms with van der Waals surface area (Å²) >= 11 is 0. The number of halogens is 1. The summed E-state index contributed by atoms with van der Waals surface area (Å²) in [5, 5.41) is 0. The second kappa shape index (κ2) is 5.10. The summed E-state index contributed by atoms with van der Waals surface area (Å²) in [6.45, 7) is 9.97. The molecule has 16 heavy (non-hydrogen) atoms. The molecule has 0 saturated carbocycles. The SMILES string of the molecule is CC.Cc1cc(F)c2nc(C(C)C)cn2c1. The maximum absolute atomic E-state index is 13.4. The second-order valence-electron chi connectivity index (χ2n) is 3.92. The van der Waals surface area contributed by atoms with Gasteiger partial charge in [0.15, 0.2) is 11.5 Å². The lowest BCUT2D eigenvalue weighted by molar-refractivity contribution is 0.628. The van der Waals surface area contributed by atoms with Crippen LogP contribution in [-0.2, 0) is 0 Å². The fourth-order valence-electron chi connectivity index (χ4n) is 1.49. The molecule has 2 aromatic heterocycles. The van der Waals surface area contributed by atoms with Gasteiger partial charge in [-0.1, -0.05) is 27.7 Å². The first-order valence-corrected chi connectivity index (χ1v) is 5.72. The van der Waals surface area contributed by atoms with Gasteiger partial charge in [-0.25, -0.2) is 9.37 Å². The molecule has 0 N–H and O–H groups in total. The van der Waals surface area contributed by atoms with Gasteiger partial charge >= 0.3 is 0 Å². The highest BCUT2D eigenvalue weighted by Gasteiger charge is 2.09. The molecule has 88 valence electrons. The monoisotopic (exact) mass is 222 g/mol. The molecular formula is C13H19FN2. The highest BCUT2D eigenvalue weighted by atomic mass is 19.1. The standard InChI is InChI=1S/C11H13FN2.C2H6/c1-7(2)10-6-14-5-8(3)4-9(12)11(14)13-10;1-2/h4-7H,1-3H3;1-2H3. The summed E-state index contributed by atoms with van der Waals surface area (Å²) < 4.78 is 15.2. The van der Waals surface area contributed by atoms with Gasteiger partial charge in [0.05, 0.1) is 5.69 Å². The van der Waals surface area contributed by atoms with Gasteiger partial charge in [-0.05, 0) is 24.5 Å². The average molecular weight is 222 g/mol. The molecule has 0 amide bonds. The molecule has 2 nitrogen and oxygen atoms in total. The summed E-state index contributed by atoms with van der Waals surface area (Å²) in [5.41, 5.74) is 2.25. The molecule has 0 spiro atoms. The largest absolute Gasteiger partial charge is 0.304 e. The molecule has 0 aliphatic rings. The third kappa shape index (κ3) is 2.40. The molecule has 0 bridgehead atoms.